The molecule has 3 heterocycles. The number of para-hydroxylation sites is 2. The smallest absolute Gasteiger partial charge is 0.160 e. The summed E-state index contributed by atoms with van der Waals surface area (Å²) in [6.45, 7) is 0. The predicted octanol–water partition coefficient (Wildman–Crippen LogP) is 14.5. The third-order valence-electron chi connectivity index (χ3n) is 11.9. The van der Waals surface area contributed by atoms with Crippen molar-refractivity contribution >= 4 is 54.4 Å². The molecule has 0 saturated heterocycles. The van der Waals surface area contributed by atoms with Crippen LogP contribution in [0.2, 0.25) is 0 Å². The van der Waals surface area contributed by atoms with E-state index in [1.165, 1.54) is 54.5 Å². The molecule has 0 unspecified atom stereocenters. The summed E-state index contributed by atoms with van der Waals surface area (Å²) in [5, 5.41) is 7.41. The van der Waals surface area contributed by atoms with Gasteiger partial charge < -0.3 is 9.13 Å². The summed E-state index contributed by atoms with van der Waals surface area (Å²) in [6, 6.07) is 78.1. The van der Waals surface area contributed by atoms with E-state index in [-0.39, 0.29) is 0 Å². The fourth-order valence-corrected chi connectivity index (χ4v) is 9.02. The SMILES string of the molecule is c1ccc(-c2cc(-c3ccccc3)nc(-c3ccc(-n4c5ccccc5c5cc(-c6ccc7c8ccccc8n(-c8ccc9ccccc9c8)c7c6)ccc54)cc3)n2)cc1. The van der Waals surface area contributed by atoms with Gasteiger partial charge in [-0.05, 0) is 94.7 Å². The van der Waals surface area contributed by atoms with Crippen LogP contribution in [0, 0.1) is 0 Å². The Labute approximate surface area is 346 Å². The second kappa shape index (κ2) is 13.8. The molecule has 0 N–H and O–H groups in total. The van der Waals surface area contributed by atoms with Crippen LogP contribution >= 0.6 is 0 Å². The summed E-state index contributed by atoms with van der Waals surface area (Å²) in [6.07, 6.45) is 0. The number of fused-ring (bicyclic) bond motifs is 7. The molecule has 9 aromatic carbocycles. The zero-order valence-electron chi connectivity index (χ0n) is 32.6. The van der Waals surface area contributed by atoms with Crippen LogP contribution in [-0.2, 0) is 0 Å². The van der Waals surface area contributed by atoms with Gasteiger partial charge >= 0.3 is 0 Å². The highest BCUT2D eigenvalue weighted by Gasteiger charge is 2.17. The van der Waals surface area contributed by atoms with Crippen molar-refractivity contribution < 1.29 is 0 Å². The zero-order chi connectivity index (χ0) is 39.6. The minimum Gasteiger partial charge on any atom is -0.309 e. The maximum Gasteiger partial charge on any atom is 0.160 e. The monoisotopic (exact) mass is 764 g/mol. The van der Waals surface area contributed by atoms with Gasteiger partial charge in [-0.1, -0.05) is 146 Å². The van der Waals surface area contributed by atoms with E-state index in [1.807, 2.05) is 12.1 Å². The van der Waals surface area contributed by atoms with Crippen LogP contribution in [0.15, 0.2) is 218 Å². The van der Waals surface area contributed by atoms with Gasteiger partial charge in [-0.15, -0.1) is 0 Å². The molecular formula is C56H36N4. The molecule has 0 saturated carbocycles. The third-order valence-corrected chi connectivity index (χ3v) is 11.9. The fraction of sp³-hybridized carbons (Fsp3) is 0. The van der Waals surface area contributed by atoms with Gasteiger partial charge in [0.15, 0.2) is 5.82 Å². The molecule has 0 aliphatic heterocycles. The summed E-state index contributed by atoms with van der Waals surface area (Å²) in [5.74, 6) is 0.699. The van der Waals surface area contributed by atoms with Gasteiger partial charge in [-0.2, -0.15) is 0 Å². The summed E-state index contributed by atoms with van der Waals surface area (Å²) < 4.78 is 4.79. The highest BCUT2D eigenvalue weighted by Crippen LogP contribution is 2.39. The van der Waals surface area contributed by atoms with E-state index in [2.05, 4.69) is 215 Å². The lowest BCUT2D eigenvalue weighted by molar-refractivity contribution is 1.16. The highest BCUT2D eigenvalue weighted by atomic mass is 15.0. The minimum absolute atomic E-state index is 0.699. The molecule has 0 aliphatic carbocycles. The highest BCUT2D eigenvalue weighted by molar-refractivity contribution is 6.12. The van der Waals surface area contributed by atoms with E-state index in [4.69, 9.17) is 9.97 Å². The van der Waals surface area contributed by atoms with Crippen molar-refractivity contribution in [2.24, 2.45) is 0 Å². The topological polar surface area (TPSA) is 35.6 Å². The van der Waals surface area contributed by atoms with Crippen molar-refractivity contribution in [3.63, 3.8) is 0 Å². The predicted molar refractivity (Wildman–Crippen MR) is 250 cm³/mol. The average molecular weight is 765 g/mol. The fourth-order valence-electron chi connectivity index (χ4n) is 9.02. The first-order valence-electron chi connectivity index (χ1n) is 20.4. The number of aromatic nitrogens is 4. The quantitative estimate of drug-likeness (QED) is 0.169. The van der Waals surface area contributed by atoms with E-state index in [0.717, 1.165) is 50.5 Å². The van der Waals surface area contributed by atoms with Crippen molar-refractivity contribution in [2.45, 2.75) is 0 Å². The molecule has 0 bridgehead atoms. The Morgan fingerprint density at radius 1 is 0.267 bits per heavy atom. The summed E-state index contributed by atoms with van der Waals surface area (Å²) in [7, 11) is 0. The molecule has 0 amide bonds. The van der Waals surface area contributed by atoms with Gasteiger partial charge in [0.25, 0.3) is 0 Å². The maximum atomic E-state index is 5.08. The molecule has 60 heavy (non-hydrogen) atoms. The molecule has 0 aliphatic rings. The molecular weight excluding hydrogens is 729 g/mol. The lowest BCUT2D eigenvalue weighted by Crippen LogP contribution is -1.97. The van der Waals surface area contributed by atoms with E-state index in [9.17, 15) is 0 Å². The van der Waals surface area contributed by atoms with Crippen molar-refractivity contribution in [3.05, 3.63) is 218 Å². The second-order valence-corrected chi connectivity index (χ2v) is 15.4. The van der Waals surface area contributed by atoms with Gasteiger partial charge in [-0.3, -0.25) is 0 Å². The Morgan fingerprint density at radius 3 is 1.47 bits per heavy atom. The average Bonchev–Trinajstić information content (AvgIpc) is 3.84. The van der Waals surface area contributed by atoms with Crippen LogP contribution in [0.5, 0.6) is 0 Å². The summed E-state index contributed by atoms with van der Waals surface area (Å²) in [5.41, 5.74) is 14.2. The lowest BCUT2D eigenvalue weighted by Gasteiger charge is -2.12. The van der Waals surface area contributed by atoms with Gasteiger partial charge in [0, 0.05) is 49.6 Å². The van der Waals surface area contributed by atoms with E-state index >= 15 is 0 Å². The standard InChI is InChI=1S/C56H36N4/c1-3-14-38(15-4-1)50-36-51(39-16-5-2-6-17-39)58-56(57-50)40-24-28-44(29-25-40)59-53-22-12-10-20-47(53)49-34-42(27-32-54(49)59)43-26-31-48-46-19-9-11-21-52(46)60(55(48)35-43)45-30-23-37-13-7-8-18-41(37)33-45/h1-36H. The Kier molecular flexibility index (Phi) is 7.82. The van der Waals surface area contributed by atoms with Crippen LogP contribution in [0.25, 0.3) is 111 Å². The molecule has 0 atom stereocenters. The van der Waals surface area contributed by atoms with Gasteiger partial charge in [0.2, 0.25) is 0 Å². The third kappa shape index (κ3) is 5.61. The number of nitrogens with zero attached hydrogens (tertiary/aromatic N) is 4. The second-order valence-electron chi connectivity index (χ2n) is 15.4. The first-order chi connectivity index (χ1) is 29.7. The molecule has 12 rings (SSSR count). The van der Waals surface area contributed by atoms with Crippen LogP contribution < -0.4 is 0 Å². The minimum atomic E-state index is 0.699. The normalized spacial score (nSPS) is 11.7. The number of hydrogen-bond acceptors (Lipinski definition) is 2. The van der Waals surface area contributed by atoms with Crippen LogP contribution in [0.1, 0.15) is 0 Å². The molecule has 12 aromatic rings. The molecule has 280 valence electrons. The maximum absolute atomic E-state index is 5.08. The molecule has 4 nitrogen and oxygen atoms in total. The number of benzene rings is 9. The van der Waals surface area contributed by atoms with Crippen LogP contribution in [-0.4, -0.2) is 19.1 Å². The first kappa shape index (κ1) is 34.0. The Balaban J connectivity index is 0.963. The number of hydrogen-bond donors (Lipinski definition) is 0. The van der Waals surface area contributed by atoms with Crippen LogP contribution in [0.4, 0.5) is 0 Å². The van der Waals surface area contributed by atoms with Crippen molar-refractivity contribution in [2.75, 3.05) is 0 Å². The number of rotatable bonds is 6. The molecule has 0 fully saturated rings. The van der Waals surface area contributed by atoms with E-state index in [1.54, 1.807) is 0 Å². The van der Waals surface area contributed by atoms with Gasteiger partial charge in [0.05, 0.1) is 33.5 Å². The molecule has 0 radical (unpaired) electrons. The van der Waals surface area contributed by atoms with E-state index < -0.39 is 0 Å². The molecule has 0 spiro atoms. The van der Waals surface area contributed by atoms with Crippen molar-refractivity contribution in [3.8, 4) is 56.4 Å². The molecule has 4 heteroatoms. The Morgan fingerprint density at radius 2 is 0.767 bits per heavy atom. The van der Waals surface area contributed by atoms with Crippen molar-refractivity contribution in [1.82, 2.24) is 19.1 Å². The van der Waals surface area contributed by atoms with Gasteiger partial charge in [0.1, 0.15) is 0 Å². The van der Waals surface area contributed by atoms with Crippen LogP contribution in [0.3, 0.4) is 0 Å². The summed E-state index contributed by atoms with van der Waals surface area (Å²) >= 11 is 0. The van der Waals surface area contributed by atoms with E-state index in [0.29, 0.717) is 5.82 Å². The Hall–Kier alpha value is -8.08. The Bertz CT molecular complexity index is 3520. The lowest BCUT2D eigenvalue weighted by atomic mass is 10.0. The molecule has 3 aromatic heterocycles. The first-order valence-corrected chi connectivity index (χ1v) is 20.4. The summed E-state index contributed by atoms with van der Waals surface area (Å²) in [4.78, 5) is 10.2. The largest absolute Gasteiger partial charge is 0.309 e. The zero-order valence-corrected chi connectivity index (χ0v) is 32.6. The van der Waals surface area contributed by atoms with Crippen molar-refractivity contribution in [1.29, 1.82) is 0 Å². The van der Waals surface area contributed by atoms with Gasteiger partial charge in [-0.25, -0.2) is 9.97 Å².